The molecule has 0 spiro atoms. The summed E-state index contributed by atoms with van der Waals surface area (Å²) in [6, 6.07) is 8.62. The Kier molecular flexibility index (Phi) is 4.74. The molecule has 0 atom stereocenters. The standard InChI is InChI=1S/C20H18F2N6/c1-27-12-25-26-20(27)13-5-7-28(8-6-13)18-14(10-23)3-2-4-16(18)15-9-17(21)19(22)24-11-15/h2-4,9,11-13H,5-8H2,1H3. The number of rotatable bonds is 3. The van der Waals surface area contributed by atoms with Gasteiger partial charge in [-0.15, -0.1) is 10.2 Å². The average Bonchev–Trinajstić information content (AvgIpc) is 3.15. The fraction of sp³-hybridized carbons (Fsp3) is 0.300. The number of aryl methyl sites for hydroxylation is 1. The maximum Gasteiger partial charge on any atom is 0.248 e. The van der Waals surface area contributed by atoms with Crippen molar-refractivity contribution in [2.24, 2.45) is 7.05 Å². The first-order valence-corrected chi connectivity index (χ1v) is 9.02. The largest absolute Gasteiger partial charge is 0.370 e. The number of hydrogen-bond acceptors (Lipinski definition) is 5. The zero-order valence-corrected chi connectivity index (χ0v) is 15.3. The lowest BCUT2D eigenvalue weighted by Crippen LogP contribution is -2.34. The summed E-state index contributed by atoms with van der Waals surface area (Å²) in [4.78, 5) is 5.62. The van der Waals surface area contributed by atoms with E-state index in [-0.39, 0.29) is 0 Å². The van der Waals surface area contributed by atoms with Crippen LogP contribution in [0, 0.1) is 23.1 Å². The molecule has 0 radical (unpaired) electrons. The van der Waals surface area contributed by atoms with Gasteiger partial charge in [-0.3, -0.25) is 0 Å². The summed E-state index contributed by atoms with van der Waals surface area (Å²) in [5.74, 6) is -0.886. The molecule has 3 aromatic rings. The average molecular weight is 380 g/mol. The molecule has 8 heteroatoms. The number of hydrogen-bond donors (Lipinski definition) is 0. The number of nitrogens with zero attached hydrogens (tertiary/aromatic N) is 6. The van der Waals surface area contributed by atoms with E-state index in [0.717, 1.165) is 43.5 Å². The molecule has 6 nitrogen and oxygen atoms in total. The number of benzene rings is 1. The van der Waals surface area contributed by atoms with Gasteiger partial charge in [0.15, 0.2) is 5.82 Å². The van der Waals surface area contributed by atoms with Crippen molar-refractivity contribution >= 4 is 5.69 Å². The van der Waals surface area contributed by atoms with Crippen molar-refractivity contribution in [2.75, 3.05) is 18.0 Å². The molecule has 1 aromatic carbocycles. The zero-order chi connectivity index (χ0) is 19.7. The highest BCUT2D eigenvalue weighted by atomic mass is 19.2. The molecule has 0 saturated carbocycles. The predicted octanol–water partition coefficient (Wildman–Crippen LogP) is 3.41. The molecule has 142 valence electrons. The number of piperidine rings is 1. The lowest BCUT2D eigenvalue weighted by atomic mass is 9.93. The van der Waals surface area contributed by atoms with Gasteiger partial charge in [-0.05, 0) is 25.0 Å². The van der Waals surface area contributed by atoms with Gasteiger partial charge in [0.05, 0.1) is 11.3 Å². The number of halogens is 2. The maximum absolute atomic E-state index is 13.7. The summed E-state index contributed by atoms with van der Waals surface area (Å²) in [7, 11) is 1.93. The van der Waals surface area contributed by atoms with E-state index >= 15 is 0 Å². The van der Waals surface area contributed by atoms with Gasteiger partial charge < -0.3 is 9.47 Å². The molecule has 1 aliphatic heterocycles. The lowest BCUT2D eigenvalue weighted by Gasteiger charge is -2.35. The van der Waals surface area contributed by atoms with Gasteiger partial charge in [-0.25, -0.2) is 9.37 Å². The number of anilines is 1. The molecule has 0 aliphatic carbocycles. The van der Waals surface area contributed by atoms with Crippen LogP contribution < -0.4 is 4.90 Å². The molecule has 0 unspecified atom stereocenters. The smallest absolute Gasteiger partial charge is 0.248 e. The summed E-state index contributed by atoms with van der Waals surface area (Å²) in [5.41, 5.74) is 2.34. The molecule has 28 heavy (non-hydrogen) atoms. The monoisotopic (exact) mass is 380 g/mol. The van der Waals surface area contributed by atoms with Crippen molar-refractivity contribution < 1.29 is 8.78 Å². The molecule has 0 bridgehead atoms. The van der Waals surface area contributed by atoms with Gasteiger partial charge in [0, 0.05) is 43.4 Å². The number of pyridine rings is 1. The fourth-order valence-corrected chi connectivity index (χ4v) is 3.80. The van der Waals surface area contributed by atoms with Crippen molar-refractivity contribution in [2.45, 2.75) is 18.8 Å². The van der Waals surface area contributed by atoms with Crippen LogP contribution in [0.2, 0.25) is 0 Å². The van der Waals surface area contributed by atoms with Gasteiger partial charge in [-0.2, -0.15) is 9.65 Å². The highest BCUT2D eigenvalue weighted by Gasteiger charge is 2.27. The Morgan fingerprint density at radius 3 is 2.64 bits per heavy atom. The van der Waals surface area contributed by atoms with E-state index in [1.54, 1.807) is 24.5 Å². The Labute approximate surface area is 161 Å². The first-order valence-electron chi connectivity index (χ1n) is 9.02. The summed E-state index contributed by atoms with van der Waals surface area (Å²) >= 11 is 0. The quantitative estimate of drug-likeness (QED) is 0.651. The second-order valence-corrected chi connectivity index (χ2v) is 6.87. The Morgan fingerprint density at radius 2 is 2.00 bits per heavy atom. The predicted molar refractivity (Wildman–Crippen MR) is 99.5 cm³/mol. The van der Waals surface area contributed by atoms with E-state index in [2.05, 4.69) is 26.2 Å². The Morgan fingerprint density at radius 1 is 1.21 bits per heavy atom. The van der Waals surface area contributed by atoms with Crippen LogP contribution in [0.25, 0.3) is 11.1 Å². The first-order chi connectivity index (χ1) is 13.6. The van der Waals surface area contributed by atoms with E-state index < -0.39 is 11.8 Å². The molecule has 3 heterocycles. The SMILES string of the molecule is Cn1cnnc1C1CCN(c2c(C#N)cccc2-c2cnc(F)c(F)c2)CC1. The molecule has 2 aromatic heterocycles. The van der Waals surface area contributed by atoms with Crippen molar-refractivity contribution in [1.29, 1.82) is 5.26 Å². The van der Waals surface area contributed by atoms with E-state index in [9.17, 15) is 14.0 Å². The van der Waals surface area contributed by atoms with Crippen LogP contribution in [0.5, 0.6) is 0 Å². The molecular formula is C20H18F2N6. The second-order valence-electron chi connectivity index (χ2n) is 6.87. The third kappa shape index (κ3) is 3.20. The highest BCUT2D eigenvalue weighted by Crippen LogP contribution is 2.37. The van der Waals surface area contributed by atoms with Gasteiger partial charge in [0.25, 0.3) is 0 Å². The van der Waals surface area contributed by atoms with E-state index in [4.69, 9.17) is 0 Å². The normalized spacial score (nSPS) is 14.9. The van der Waals surface area contributed by atoms with Crippen molar-refractivity contribution in [3.63, 3.8) is 0 Å². The van der Waals surface area contributed by atoms with E-state index in [1.807, 2.05) is 11.6 Å². The summed E-state index contributed by atoms with van der Waals surface area (Å²) < 4.78 is 28.9. The van der Waals surface area contributed by atoms with E-state index in [1.165, 1.54) is 6.20 Å². The topological polar surface area (TPSA) is 70.6 Å². The van der Waals surface area contributed by atoms with Crippen molar-refractivity contribution in [3.8, 4) is 17.2 Å². The lowest BCUT2D eigenvalue weighted by molar-refractivity contribution is 0.474. The number of aromatic nitrogens is 4. The van der Waals surface area contributed by atoms with Crippen LogP contribution in [0.3, 0.4) is 0 Å². The molecule has 0 N–H and O–H groups in total. The van der Waals surface area contributed by atoms with Crippen molar-refractivity contribution in [3.05, 3.63) is 59.9 Å². The van der Waals surface area contributed by atoms with Gasteiger partial charge in [-0.1, -0.05) is 12.1 Å². The fourth-order valence-electron chi connectivity index (χ4n) is 3.80. The molecule has 1 saturated heterocycles. The summed E-state index contributed by atoms with van der Waals surface area (Å²) in [6.45, 7) is 1.45. The zero-order valence-electron chi connectivity index (χ0n) is 15.3. The van der Waals surface area contributed by atoms with Gasteiger partial charge >= 0.3 is 0 Å². The summed E-state index contributed by atoms with van der Waals surface area (Å²) in [5, 5.41) is 17.8. The van der Waals surface area contributed by atoms with Crippen LogP contribution in [-0.4, -0.2) is 32.8 Å². The molecule has 4 rings (SSSR count). The van der Waals surface area contributed by atoms with Crippen LogP contribution in [-0.2, 0) is 7.05 Å². The molecule has 0 amide bonds. The van der Waals surface area contributed by atoms with E-state index in [0.29, 0.717) is 22.6 Å². The Hall–Kier alpha value is -3.34. The second kappa shape index (κ2) is 7.35. The van der Waals surface area contributed by atoms with Crippen molar-refractivity contribution in [1.82, 2.24) is 19.7 Å². The number of nitriles is 1. The third-order valence-electron chi connectivity index (χ3n) is 5.19. The maximum atomic E-state index is 13.7. The first kappa shape index (κ1) is 18.0. The van der Waals surface area contributed by atoms with Crippen LogP contribution in [0.4, 0.5) is 14.5 Å². The number of para-hydroxylation sites is 1. The third-order valence-corrected chi connectivity index (χ3v) is 5.19. The molecular weight excluding hydrogens is 362 g/mol. The minimum absolute atomic E-state index is 0.298. The molecule has 1 fully saturated rings. The van der Waals surface area contributed by atoms with Gasteiger partial charge in [0.2, 0.25) is 5.95 Å². The minimum atomic E-state index is -1.13. The minimum Gasteiger partial charge on any atom is -0.370 e. The summed E-state index contributed by atoms with van der Waals surface area (Å²) in [6.07, 6.45) is 4.72. The molecule has 1 aliphatic rings. The van der Waals surface area contributed by atoms with Crippen LogP contribution in [0.1, 0.15) is 30.1 Å². The van der Waals surface area contributed by atoms with Crippen LogP contribution in [0.15, 0.2) is 36.8 Å². The van der Waals surface area contributed by atoms with Gasteiger partial charge in [0.1, 0.15) is 18.2 Å². The van der Waals surface area contributed by atoms with Crippen LogP contribution >= 0.6 is 0 Å². The Balaban J connectivity index is 1.67. The highest BCUT2D eigenvalue weighted by molar-refractivity contribution is 5.82. The Bertz CT molecular complexity index is 1050.